The quantitative estimate of drug-likeness (QED) is 0.123. The van der Waals surface area contributed by atoms with Crippen molar-refractivity contribution >= 4 is 17.9 Å². The normalized spacial score (nSPS) is 17.6. The van der Waals surface area contributed by atoms with E-state index in [9.17, 15) is 9.59 Å². The zero-order valence-electron chi connectivity index (χ0n) is 24.4. The summed E-state index contributed by atoms with van der Waals surface area (Å²) in [5, 5.41) is 9.60. The highest BCUT2D eigenvalue weighted by molar-refractivity contribution is 5.91. The Morgan fingerprint density at radius 3 is 2.36 bits per heavy atom. The molecule has 1 heterocycles. The highest BCUT2D eigenvalue weighted by Crippen LogP contribution is 2.27. The van der Waals surface area contributed by atoms with Crippen LogP contribution in [0.1, 0.15) is 47.4 Å². The molecule has 2 atom stereocenters. The number of nitrogens with two attached hydrogens (primary N) is 2. The monoisotopic (exact) mass is 568 g/mol. The third kappa shape index (κ3) is 9.63. The van der Waals surface area contributed by atoms with Crippen LogP contribution in [0.25, 0.3) is 6.08 Å². The fourth-order valence-electron chi connectivity index (χ4n) is 5.43. The van der Waals surface area contributed by atoms with Gasteiger partial charge in [0.25, 0.3) is 0 Å². The van der Waals surface area contributed by atoms with Crippen LogP contribution in [0.2, 0.25) is 0 Å². The summed E-state index contributed by atoms with van der Waals surface area (Å²) in [5.41, 5.74) is 15.8. The summed E-state index contributed by atoms with van der Waals surface area (Å²) in [7, 11) is 0. The van der Waals surface area contributed by atoms with Crippen LogP contribution in [-0.2, 0) is 9.59 Å². The molecule has 1 fully saturated rings. The number of benzene rings is 3. The molecule has 42 heavy (non-hydrogen) atoms. The summed E-state index contributed by atoms with van der Waals surface area (Å²) >= 11 is 0. The Hall–Kier alpha value is -3.82. The maximum absolute atomic E-state index is 13.9. The first kappa shape index (κ1) is 31.1. The number of aryl methyl sites for hydroxylation is 1. The smallest absolute Gasteiger partial charge is 0.244 e. The molecule has 2 amide bonds. The van der Waals surface area contributed by atoms with Crippen molar-refractivity contribution in [1.29, 1.82) is 0 Å². The fourth-order valence-corrected chi connectivity index (χ4v) is 5.43. The molecule has 3 aromatic carbocycles. The van der Waals surface area contributed by atoms with Gasteiger partial charge < -0.3 is 27.0 Å². The second-order valence-corrected chi connectivity index (χ2v) is 11.0. The molecule has 0 saturated carbocycles. The summed E-state index contributed by atoms with van der Waals surface area (Å²) in [6.07, 6.45) is 4.89. The van der Waals surface area contributed by atoms with Crippen LogP contribution >= 0.6 is 0 Å². The summed E-state index contributed by atoms with van der Waals surface area (Å²) in [6.45, 7) is 4.25. The molecule has 1 aliphatic heterocycles. The van der Waals surface area contributed by atoms with Crippen LogP contribution in [0.3, 0.4) is 0 Å². The van der Waals surface area contributed by atoms with Crippen LogP contribution < -0.4 is 27.4 Å². The zero-order chi connectivity index (χ0) is 29.7. The van der Waals surface area contributed by atoms with Crippen molar-refractivity contribution in [2.45, 2.75) is 50.5 Å². The van der Waals surface area contributed by atoms with Crippen molar-refractivity contribution in [1.82, 2.24) is 20.9 Å². The number of nitrogens with one attached hydrogen (secondary N) is 3. The van der Waals surface area contributed by atoms with E-state index < -0.39 is 6.29 Å². The molecule has 222 valence electrons. The van der Waals surface area contributed by atoms with E-state index in [-0.39, 0.29) is 29.8 Å². The molecule has 7 N–H and O–H groups in total. The summed E-state index contributed by atoms with van der Waals surface area (Å²) < 4.78 is 0. The van der Waals surface area contributed by atoms with Crippen molar-refractivity contribution in [3.8, 4) is 0 Å². The minimum atomic E-state index is -0.590. The van der Waals surface area contributed by atoms with E-state index in [4.69, 9.17) is 11.5 Å². The molecule has 0 aliphatic carbocycles. The van der Waals surface area contributed by atoms with E-state index in [1.54, 1.807) is 6.08 Å². The average Bonchev–Trinajstić information content (AvgIpc) is 3.14. The van der Waals surface area contributed by atoms with E-state index in [1.165, 1.54) is 11.1 Å². The first-order valence-electron chi connectivity index (χ1n) is 14.8. The standard InChI is InChI=1S/C34H44N6O2/c1-25-10-8-11-26(22-25)17-18-32(41)38-23-29-19-21-40(33(42)31(39-29)16-9-20-37-34(35)36)24-30(27-12-4-2-5-13-27)28-14-6-3-7-15-28/h2-8,10-15,17-18,22,29-31,34,37,39H,9,16,19-21,23-24,35-36H2,1H3,(H,38,41)/b18-17+/t29-,31-/m0/s1. The van der Waals surface area contributed by atoms with Crippen LogP contribution in [0.5, 0.6) is 0 Å². The topological polar surface area (TPSA) is 126 Å². The van der Waals surface area contributed by atoms with Crippen molar-refractivity contribution in [2.75, 3.05) is 26.2 Å². The largest absolute Gasteiger partial charge is 0.351 e. The third-order valence-corrected chi connectivity index (χ3v) is 7.64. The Labute approximate surface area is 249 Å². The summed E-state index contributed by atoms with van der Waals surface area (Å²) in [4.78, 5) is 28.6. The number of hydrogen-bond acceptors (Lipinski definition) is 6. The van der Waals surface area contributed by atoms with Gasteiger partial charge >= 0.3 is 0 Å². The second-order valence-electron chi connectivity index (χ2n) is 11.0. The van der Waals surface area contributed by atoms with Gasteiger partial charge in [-0.2, -0.15) is 0 Å². The van der Waals surface area contributed by atoms with Crippen molar-refractivity contribution in [3.63, 3.8) is 0 Å². The molecule has 1 aliphatic rings. The lowest BCUT2D eigenvalue weighted by atomic mass is 9.90. The van der Waals surface area contributed by atoms with Gasteiger partial charge in [0.1, 0.15) is 6.29 Å². The lowest BCUT2D eigenvalue weighted by molar-refractivity contribution is -0.133. The van der Waals surface area contributed by atoms with Crippen molar-refractivity contribution < 1.29 is 9.59 Å². The van der Waals surface area contributed by atoms with Gasteiger partial charge in [0.2, 0.25) is 11.8 Å². The zero-order valence-corrected chi connectivity index (χ0v) is 24.4. The van der Waals surface area contributed by atoms with Crippen LogP contribution in [0.4, 0.5) is 0 Å². The molecule has 0 radical (unpaired) electrons. The predicted molar refractivity (Wildman–Crippen MR) is 169 cm³/mol. The maximum atomic E-state index is 13.9. The van der Waals surface area contributed by atoms with Gasteiger partial charge in [0.05, 0.1) is 6.04 Å². The molecule has 0 spiro atoms. The molecular weight excluding hydrogens is 524 g/mol. The first-order valence-corrected chi connectivity index (χ1v) is 14.8. The molecule has 8 heteroatoms. The van der Waals surface area contributed by atoms with E-state index in [0.29, 0.717) is 32.6 Å². The van der Waals surface area contributed by atoms with Gasteiger partial charge in [-0.3, -0.25) is 14.9 Å². The van der Waals surface area contributed by atoms with E-state index in [2.05, 4.69) is 40.2 Å². The minimum Gasteiger partial charge on any atom is -0.351 e. The Morgan fingerprint density at radius 2 is 1.71 bits per heavy atom. The van der Waals surface area contributed by atoms with E-state index in [0.717, 1.165) is 24.0 Å². The summed E-state index contributed by atoms with van der Waals surface area (Å²) in [6, 6.07) is 28.3. The molecule has 1 saturated heterocycles. The molecule has 0 unspecified atom stereocenters. The Bertz CT molecular complexity index is 1260. The number of carbonyl (C=O) groups is 2. The highest BCUT2D eigenvalue weighted by atomic mass is 16.2. The number of hydrogen-bond donors (Lipinski definition) is 5. The molecule has 0 bridgehead atoms. The van der Waals surface area contributed by atoms with Crippen molar-refractivity contribution in [3.05, 3.63) is 113 Å². The van der Waals surface area contributed by atoms with E-state index >= 15 is 0 Å². The lowest BCUT2D eigenvalue weighted by Crippen LogP contribution is -2.50. The number of rotatable bonds is 13. The summed E-state index contributed by atoms with van der Waals surface area (Å²) in [5.74, 6) is -0.0226. The highest BCUT2D eigenvalue weighted by Gasteiger charge is 2.32. The Kier molecular flexibility index (Phi) is 11.8. The van der Waals surface area contributed by atoms with Gasteiger partial charge in [0.15, 0.2) is 0 Å². The lowest BCUT2D eigenvalue weighted by Gasteiger charge is -2.29. The molecule has 3 aromatic rings. The molecular formula is C34H44N6O2. The van der Waals surface area contributed by atoms with Gasteiger partial charge in [0, 0.05) is 37.7 Å². The SMILES string of the molecule is Cc1cccc(/C=C/C(=O)NC[C@@H]2CCN(CC(c3ccccc3)c3ccccc3)C(=O)[C@H](CCCNC(N)N)N2)c1. The van der Waals surface area contributed by atoms with Crippen LogP contribution in [-0.4, -0.2) is 61.3 Å². The maximum Gasteiger partial charge on any atom is 0.244 e. The van der Waals surface area contributed by atoms with Crippen LogP contribution in [0.15, 0.2) is 91.0 Å². The number of carbonyl (C=O) groups excluding carboxylic acids is 2. The second kappa shape index (κ2) is 16.0. The first-order chi connectivity index (χ1) is 20.4. The Balaban J connectivity index is 1.45. The number of nitrogens with zero attached hydrogens (tertiary/aromatic N) is 1. The van der Waals surface area contributed by atoms with Gasteiger partial charge in [-0.05, 0) is 55.5 Å². The van der Waals surface area contributed by atoms with Crippen molar-refractivity contribution in [2.24, 2.45) is 11.5 Å². The van der Waals surface area contributed by atoms with Crippen LogP contribution in [0, 0.1) is 6.92 Å². The molecule has 4 rings (SSSR count). The Morgan fingerprint density at radius 1 is 1.02 bits per heavy atom. The van der Waals surface area contributed by atoms with Gasteiger partial charge in [-0.1, -0.05) is 90.5 Å². The average molecular weight is 569 g/mol. The molecule has 8 nitrogen and oxygen atoms in total. The van der Waals surface area contributed by atoms with Gasteiger partial charge in [-0.25, -0.2) is 0 Å². The minimum absolute atomic E-state index is 0.0445. The van der Waals surface area contributed by atoms with E-state index in [1.807, 2.05) is 78.6 Å². The number of amides is 2. The molecule has 0 aromatic heterocycles. The fraction of sp³-hybridized carbons (Fsp3) is 0.353. The van der Waals surface area contributed by atoms with Gasteiger partial charge in [-0.15, -0.1) is 0 Å². The predicted octanol–water partition coefficient (Wildman–Crippen LogP) is 3.09. The third-order valence-electron chi connectivity index (χ3n) is 7.64.